The normalized spacial score (nSPS) is 26.1. The third-order valence-corrected chi connectivity index (χ3v) is 3.42. The van der Waals surface area contributed by atoms with Crippen molar-refractivity contribution in [2.24, 2.45) is 11.7 Å². The van der Waals surface area contributed by atoms with Crippen LogP contribution in [0.1, 0.15) is 44.5 Å². The van der Waals surface area contributed by atoms with Gasteiger partial charge in [-0.1, -0.05) is 0 Å². The molecule has 0 aliphatic heterocycles. The van der Waals surface area contributed by atoms with Crippen molar-refractivity contribution in [1.82, 2.24) is 14.8 Å². The first-order chi connectivity index (χ1) is 6.69. The second-order valence-electron chi connectivity index (χ2n) is 4.85. The zero-order chi connectivity index (χ0) is 9.76. The van der Waals surface area contributed by atoms with Crippen molar-refractivity contribution >= 4 is 0 Å². The highest BCUT2D eigenvalue weighted by molar-refractivity contribution is 5.12. The van der Waals surface area contributed by atoms with Gasteiger partial charge in [-0.25, -0.2) is 0 Å². The van der Waals surface area contributed by atoms with Crippen molar-refractivity contribution < 1.29 is 0 Å². The van der Waals surface area contributed by atoms with E-state index < -0.39 is 0 Å². The molecule has 4 nitrogen and oxygen atoms in total. The Bertz CT molecular complexity index is 347. The summed E-state index contributed by atoms with van der Waals surface area (Å²) in [5.74, 6) is 1.60. The Morgan fingerprint density at radius 2 is 2.14 bits per heavy atom. The molecule has 1 aromatic heterocycles. The zero-order valence-electron chi connectivity index (χ0n) is 8.48. The van der Waals surface area contributed by atoms with Crippen LogP contribution in [0.5, 0.6) is 0 Å². The molecule has 2 fully saturated rings. The van der Waals surface area contributed by atoms with Gasteiger partial charge in [0, 0.05) is 6.04 Å². The average Bonchev–Trinajstić information content (AvgIpc) is 3.02. The smallest absolute Gasteiger partial charge is 0.153 e. The van der Waals surface area contributed by atoms with E-state index in [1.54, 1.807) is 0 Å². The molecule has 4 heteroatoms. The van der Waals surface area contributed by atoms with Gasteiger partial charge >= 0.3 is 0 Å². The number of nitrogens with zero attached hydrogens (tertiary/aromatic N) is 3. The Kier molecular flexibility index (Phi) is 1.54. The van der Waals surface area contributed by atoms with Gasteiger partial charge < -0.3 is 10.3 Å². The zero-order valence-corrected chi connectivity index (χ0v) is 8.48. The summed E-state index contributed by atoms with van der Waals surface area (Å²) >= 11 is 0. The number of hydrogen-bond donors (Lipinski definition) is 1. The molecule has 76 valence electrons. The summed E-state index contributed by atoms with van der Waals surface area (Å²) in [5, 5.41) is 8.19. The van der Waals surface area contributed by atoms with Crippen molar-refractivity contribution in [2.75, 3.05) is 0 Å². The molecule has 0 spiro atoms. The van der Waals surface area contributed by atoms with Crippen LogP contribution in [0.3, 0.4) is 0 Å². The minimum absolute atomic E-state index is 0.265. The van der Waals surface area contributed by atoms with Crippen LogP contribution in [0, 0.1) is 5.92 Å². The van der Waals surface area contributed by atoms with Crippen LogP contribution < -0.4 is 5.73 Å². The van der Waals surface area contributed by atoms with E-state index in [1.165, 1.54) is 25.7 Å². The number of hydrogen-bond acceptors (Lipinski definition) is 3. The van der Waals surface area contributed by atoms with Crippen LogP contribution in [0.4, 0.5) is 0 Å². The van der Waals surface area contributed by atoms with Gasteiger partial charge in [0.1, 0.15) is 6.33 Å². The molecule has 3 rings (SSSR count). The third-order valence-electron chi connectivity index (χ3n) is 3.42. The van der Waals surface area contributed by atoms with Crippen molar-refractivity contribution in [1.29, 1.82) is 0 Å². The Morgan fingerprint density at radius 1 is 1.43 bits per heavy atom. The summed E-state index contributed by atoms with van der Waals surface area (Å²) in [7, 11) is 0. The Hall–Kier alpha value is -0.900. The summed E-state index contributed by atoms with van der Waals surface area (Å²) in [6, 6.07) is 0.627. The lowest BCUT2D eigenvalue weighted by Crippen LogP contribution is -2.38. The lowest BCUT2D eigenvalue weighted by molar-refractivity contribution is 0.380. The van der Waals surface area contributed by atoms with E-state index in [0.717, 1.165) is 5.82 Å². The van der Waals surface area contributed by atoms with E-state index in [9.17, 15) is 0 Å². The van der Waals surface area contributed by atoms with Gasteiger partial charge in [0.05, 0.1) is 5.54 Å². The fourth-order valence-corrected chi connectivity index (χ4v) is 2.11. The molecule has 2 N–H and O–H groups in total. The highest BCUT2D eigenvalue weighted by Crippen LogP contribution is 2.45. The molecule has 1 heterocycles. The first-order valence-electron chi connectivity index (χ1n) is 5.38. The van der Waals surface area contributed by atoms with E-state index in [-0.39, 0.29) is 5.54 Å². The van der Waals surface area contributed by atoms with Gasteiger partial charge in [-0.05, 0) is 38.5 Å². The second-order valence-corrected chi connectivity index (χ2v) is 4.85. The predicted octanol–water partition coefficient (Wildman–Crippen LogP) is 1.20. The van der Waals surface area contributed by atoms with Gasteiger partial charge in [-0.2, -0.15) is 0 Å². The minimum Gasteiger partial charge on any atom is -0.319 e. The summed E-state index contributed by atoms with van der Waals surface area (Å²) < 4.78 is 2.18. The standard InChI is InChI=1S/C10H16N4/c1-10(11,7-2-3-7)9-13-12-6-14(9)8-4-5-8/h6-8H,2-5,11H2,1H3. The van der Waals surface area contributed by atoms with E-state index in [1.807, 2.05) is 6.33 Å². The van der Waals surface area contributed by atoms with Gasteiger partial charge in [0.25, 0.3) is 0 Å². The fourth-order valence-electron chi connectivity index (χ4n) is 2.11. The average molecular weight is 192 g/mol. The maximum Gasteiger partial charge on any atom is 0.153 e. The molecule has 1 atom stereocenters. The molecule has 0 radical (unpaired) electrons. The molecule has 0 amide bonds. The molecule has 14 heavy (non-hydrogen) atoms. The highest BCUT2D eigenvalue weighted by atomic mass is 15.3. The summed E-state index contributed by atoms with van der Waals surface area (Å²) in [6.45, 7) is 2.09. The molecule has 0 saturated heterocycles. The largest absolute Gasteiger partial charge is 0.319 e. The van der Waals surface area contributed by atoms with Gasteiger partial charge in [-0.3, -0.25) is 0 Å². The predicted molar refractivity (Wildman–Crippen MR) is 52.6 cm³/mol. The minimum atomic E-state index is -0.265. The second kappa shape index (κ2) is 2.57. The first kappa shape index (κ1) is 8.41. The lowest BCUT2D eigenvalue weighted by atomic mass is 9.96. The number of rotatable bonds is 3. The Morgan fingerprint density at radius 3 is 2.71 bits per heavy atom. The molecule has 1 aromatic rings. The molecule has 0 bridgehead atoms. The maximum atomic E-state index is 6.33. The molecule has 2 aliphatic rings. The molecular formula is C10H16N4. The van der Waals surface area contributed by atoms with Crippen LogP contribution in [-0.2, 0) is 5.54 Å². The molecule has 2 aliphatic carbocycles. The van der Waals surface area contributed by atoms with E-state index in [4.69, 9.17) is 5.73 Å². The highest BCUT2D eigenvalue weighted by Gasteiger charge is 2.44. The van der Waals surface area contributed by atoms with Gasteiger partial charge in [0.2, 0.25) is 0 Å². The topological polar surface area (TPSA) is 56.7 Å². The molecule has 0 aromatic carbocycles. The fraction of sp³-hybridized carbons (Fsp3) is 0.800. The summed E-state index contributed by atoms with van der Waals surface area (Å²) in [4.78, 5) is 0. The lowest BCUT2D eigenvalue weighted by Gasteiger charge is -2.23. The maximum absolute atomic E-state index is 6.33. The molecule has 2 saturated carbocycles. The van der Waals surface area contributed by atoms with Crippen molar-refractivity contribution in [3.05, 3.63) is 12.2 Å². The van der Waals surface area contributed by atoms with Crippen LogP contribution >= 0.6 is 0 Å². The summed E-state index contributed by atoms with van der Waals surface area (Å²) in [6.07, 6.45) is 6.83. The summed E-state index contributed by atoms with van der Waals surface area (Å²) in [5.41, 5.74) is 6.07. The monoisotopic (exact) mass is 192 g/mol. The van der Waals surface area contributed by atoms with Crippen LogP contribution in [-0.4, -0.2) is 14.8 Å². The third kappa shape index (κ3) is 1.17. The van der Waals surface area contributed by atoms with Crippen LogP contribution in [0.15, 0.2) is 6.33 Å². The van der Waals surface area contributed by atoms with Crippen molar-refractivity contribution in [3.8, 4) is 0 Å². The Balaban J connectivity index is 1.96. The SMILES string of the molecule is CC(N)(c1nncn1C1CC1)C1CC1. The number of nitrogens with two attached hydrogens (primary N) is 1. The van der Waals surface area contributed by atoms with Gasteiger partial charge in [0.15, 0.2) is 5.82 Å². The van der Waals surface area contributed by atoms with E-state index in [0.29, 0.717) is 12.0 Å². The van der Waals surface area contributed by atoms with E-state index >= 15 is 0 Å². The molecular weight excluding hydrogens is 176 g/mol. The first-order valence-corrected chi connectivity index (χ1v) is 5.38. The number of aromatic nitrogens is 3. The van der Waals surface area contributed by atoms with Crippen LogP contribution in [0.25, 0.3) is 0 Å². The van der Waals surface area contributed by atoms with Crippen molar-refractivity contribution in [2.45, 2.75) is 44.2 Å². The quantitative estimate of drug-likeness (QED) is 0.782. The van der Waals surface area contributed by atoms with Crippen molar-refractivity contribution in [3.63, 3.8) is 0 Å². The van der Waals surface area contributed by atoms with Crippen LogP contribution in [0.2, 0.25) is 0 Å². The molecule has 1 unspecified atom stereocenters. The Labute approximate surface area is 83.5 Å². The van der Waals surface area contributed by atoms with E-state index in [2.05, 4.69) is 21.7 Å². The van der Waals surface area contributed by atoms with Gasteiger partial charge in [-0.15, -0.1) is 10.2 Å².